The van der Waals surface area contributed by atoms with Crippen molar-refractivity contribution in [1.82, 2.24) is 9.38 Å². The summed E-state index contributed by atoms with van der Waals surface area (Å²) in [7, 11) is 0. The molecule has 0 fully saturated rings. The van der Waals surface area contributed by atoms with Crippen molar-refractivity contribution in [3.63, 3.8) is 0 Å². The van der Waals surface area contributed by atoms with Gasteiger partial charge in [-0.25, -0.2) is 4.79 Å². The lowest BCUT2D eigenvalue weighted by Crippen LogP contribution is -2.17. The Hall–Kier alpha value is -1.16. The maximum atomic E-state index is 11.3. The zero-order valence-corrected chi connectivity index (χ0v) is 7.68. The molecule has 0 aromatic carbocycles. The lowest BCUT2D eigenvalue weighted by molar-refractivity contribution is 0.949. The predicted octanol–water partition coefficient (Wildman–Crippen LogP) is 1.37. The molecule has 0 saturated heterocycles. The number of hydrogen-bond donors (Lipinski definition) is 0. The van der Waals surface area contributed by atoms with Crippen LogP contribution in [-0.2, 0) is 0 Å². The monoisotopic (exact) mass is 180 g/mol. The number of fused-ring (bicyclic) bond motifs is 1. The maximum Gasteiger partial charge on any atom is 0.353 e. The largest absolute Gasteiger partial charge is 0.353 e. The molecule has 0 aliphatic heterocycles. The Morgan fingerprint density at radius 2 is 2.25 bits per heavy atom. The minimum absolute atomic E-state index is 0.177. The quantitative estimate of drug-likeness (QED) is 0.613. The molecule has 0 bridgehead atoms. The van der Waals surface area contributed by atoms with Gasteiger partial charge in [-0.05, 0) is 19.9 Å². The summed E-state index contributed by atoms with van der Waals surface area (Å²) in [6, 6.07) is 1.92. The zero-order chi connectivity index (χ0) is 8.72. The van der Waals surface area contributed by atoms with E-state index in [1.165, 1.54) is 0 Å². The number of aromatic nitrogens is 2. The highest BCUT2D eigenvalue weighted by Crippen LogP contribution is 2.12. The van der Waals surface area contributed by atoms with Gasteiger partial charge in [0.25, 0.3) is 0 Å². The second-order valence-corrected chi connectivity index (χ2v) is 3.62. The fourth-order valence-electron chi connectivity index (χ4n) is 1.18. The Kier molecular flexibility index (Phi) is 1.51. The first kappa shape index (κ1) is 7.49. The summed E-state index contributed by atoms with van der Waals surface area (Å²) >= 11 is 1.57. The molecule has 0 aliphatic carbocycles. The van der Waals surface area contributed by atoms with Crippen molar-refractivity contribution < 1.29 is 0 Å². The molecule has 0 atom stereocenters. The first-order valence-electron chi connectivity index (χ1n) is 3.63. The summed E-state index contributed by atoms with van der Waals surface area (Å²) in [6.45, 7) is 3.73. The van der Waals surface area contributed by atoms with Crippen LogP contribution in [0.15, 0.2) is 16.2 Å². The van der Waals surface area contributed by atoms with Gasteiger partial charge in [-0.15, -0.1) is 11.3 Å². The minimum Gasteiger partial charge on any atom is -0.255 e. The Labute approximate surface area is 73.3 Å². The minimum atomic E-state index is -0.177. The van der Waals surface area contributed by atoms with Gasteiger partial charge in [-0.1, -0.05) is 0 Å². The zero-order valence-electron chi connectivity index (χ0n) is 6.87. The molecular weight excluding hydrogens is 172 g/mol. The van der Waals surface area contributed by atoms with Crippen LogP contribution < -0.4 is 5.69 Å². The maximum absolute atomic E-state index is 11.3. The van der Waals surface area contributed by atoms with Crippen molar-refractivity contribution in [2.75, 3.05) is 0 Å². The van der Waals surface area contributed by atoms with Crippen molar-refractivity contribution in [3.05, 3.63) is 33.3 Å². The molecule has 0 spiro atoms. The third-order valence-electron chi connectivity index (χ3n) is 1.72. The van der Waals surface area contributed by atoms with Crippen LogP contribution in [0, 0.1) is 13.8 Å². The van der Waals surface area contributed by atoms with Gasteiger partial charge in [-0.2, -0.15) is 4.98 Å². The van der Waals surface area contributed by atoms with Crippen molar-refractivity contribution in [1.29, 1.82) is 0 Å². The number of hydrogen-bond acceptors (Lipinski definition) is 3. The van der Waals surface area contributed by atoms with E-state index in [4.69, 9.17) is 0 Å². The normalized spacial score (nSPS) is 10.8. The van der Waals surface area contributed by atoms with Crippen molar-refractivity contribution >= 4 is 16.2 Å². The van der Waals surface area contributed by atoms with Gasteiger partial charge < -0.3 is 0 Å². The van der Waals surface area contributed by atoms with Gasteiger partial charge in [0, 0.05) is 16.8 Å². The molecule has 12 heavy (non-hydrogen) atoms. The SMILES string of the molecule is Cc1cc2scc(C)n2c(=O)n1. The molecule has 2 aromatic rings. The fraction of sp³-hybridized carbons (Fsp3) is 0.250. The second-order valence-electron chi connectivity index (χ2n) is 2.73. The van der Waals surface area contributed by atoms with Crippen LogP contribution in [0.3, 0.4) is 0 Å². The second kappa shape index (κ2) is 2.42. The van der Waals surface area contributed by atoms with E-state index in [0.717, 1.165) is 16.2 Å². The molecule has 0 saturated carbocycles. The van der Waals surface area contributed by atoms with E-state index in [1.807, 2.05) is 25.3 Å². The summed E-state index contributed by atoms with van der Waals surface area (Å²) in [5.41, 5.74) is 1.55. The number of rotatable bonds is 0. The van der Waals surface area contributed by atoms with E-state index < -0.39 is 0 Å². The van der Waals surface area contributed by atoms with Gasteiger partial charge in [0.15, 0.2) is 0 Å². The fourth-order valence-corrected chi connectivity index (χ4v) is 2.14. The predicted molar refractivity (Wildman–Crippen MR) is 48.8 cm³/mol. The molecule has 2 heterocycles. The molecule has 0 unspecified atom stereocenters. The Balaban J connectivity index is 3.03. The lowest BCUT2D eigenvalue weighted by Gasteiger charge is -1.94. The van der Waals surface area contributed by atoms with Crippen molar-refractivity contribution in [2.24, 2.45) is 0 Å². The third-order valence-corrected chi connectivity index (χ3v) is 2.72. The molecule has 3 nitrogen and oxygen atoms in total. The standard InChI is InChI=1S/C8H8N2OS/c1-5-3-7-10(8(11)9-5)6(2)4-12-7/h3-4H,1-2H3. The highest BCUT2D eigenvalue weighted by Gasteiger charge is 2.02. The van der Waals surface area contributed by atoms with E-state index in [-0.39, 0.29) is 5.69 Å². The van der Waals surface area contributed by atoms with Gasteiger partial charge in [0.2, 0.25) is 0 Å². The van der Waals surface area contributed by atoms with Gasteiger partial charge in [0.05, 0.1) is 0 Å². The molecule has 2 aromatic heterocycles. The average Bonchev–Trinajstić information content (AvgIpc) is 2.31. The van der Waals surface area contributed by atoms with Crippen LogP contribution in [-0.4, -0.2) is 9.38 Å². The Bertz CT molecular complexity index is 483. The highest BCUT2D eigenvalue weighted by atomic mass is 32.1. The van der Waals surface area contributed by atoms with E-state index in [2.05, 4.69) is 4.98 Å². The van der Waals surface area contributed by atoms with Crippen molar-refractivity contribution in [3.8, 4) is 0 Å². The van der Waals surface area contributed by atoms with Crippen molar-refractivity contribution in [2.45, 2.75) is 13.8 Å². The van der Waals surface area contributed by atoms with Gasteiger partial charge in [0.1, 0.15) is 4.83 Å². The summed E-state index contributed by atoms with van der Waals surface area (Å²) in [4.78, 5) is 16.2. The molecule has 4 heteroatoms. The van der Waals surface area contributed by atoms with E-state index in [1.54, 1.807) is 15.7 Å². The van der Waals surface area contributed by atoms with E-state index >= 15 is 0 Å². The topological polar surface area (TPSA) is 34.4 Å². The summed E-state index contributed by atoms with van der Waals surface area (Å²) in [5.74, 6) is 0. The van der Waals surface area contributed by atoms with Crippen LogP contribution >= 0.6 is 11.3 Å². The lowest BCUT2D eigenvalue weighted by atomic mass is 10.4. The summed E-state index contributed by atoms with van der Waals surface area (Å²) < 4.78 is 1.62. The summed E-state index contributed by atoms with van der Waals surface area (Å²) in [5, 5.41) is 1.96. The first-order valence-corrected chi connectivity index (χ1v) is 4.51. The Morgan fingerprint density at radius 3 is 3.00 bits per heavy atom. The molecular formula is C8H8N2OS. The van der Waals surface area contributed by atoms with Crippen LogP contribution in [0.4, 0.5) is 0 Å². The molecule has 0 aliphatic rings. The van der Waals surface area contributed by atoms with Crippen LogP contribution in [0.25, 0.3) is 4.83 Å². The van der Waals surface area contributed by atoms with Gasteiger partial charge >= 0.3 is 5.69 Å². The molecule has 2 rings (SSSR count). The van der Waals surface area contributed by atoms with E-state index in [0.29, 0.717) is 0 Å². The smallest absolute Gasteiger partial charge is 0.255 e. The number of thiazole rings is 1. The molecule has 0 radical (unpaired) electrons. The van der Waals surface area contributed by atoms with Gasteiger partial charge in [-0.3, -0.25) is 4.40 Å². The number of aryl methyl sites for hydroxylation is 2. The highest BCUT2D eigenvalue weighted by molar-refractivity contribution is 7.15. The third kappa shape index (κ3) is 0.956. The average molecular weight is 180 g/mol. The van der Waals surface area contributed by atoms with Crippen LogP contribution in [0.1, 0.15) is 11.4 Å². The Morgan fingerprint density at radius 1 is 1.50 bits per heavy atom. The molecule has 0 N–H and O–H groups in total. The molecule has 62 valence electrons. The van der Waals surface area contributed by atoms with Crippen LogP contribution in [0.2, 0.25) is 0 Å². The first-order chi connectivity index (χ1) is 5.68. The van der Waals surface area contributed by atoms with Crippen LogP contribution in [0.5, 0.6) is 0 Å². The molecule has 0 amide bonds. The summed E-state index contributed by atoms with van der Waals surface area (Å²) in [6.07, 6.45) is 0. The number of nitrogens with zero attached hydrogens (tertiary/aromatic N) is 2. The van der Waals surface area contributed by atoms with E-state index in [9.17, 15) is 4.79 Å².